The number of carbonyl (C=O) groups is 1. The molecule has 0 spiro atoms. The molecule has 1 aromatic heterocycles. The molecule has 1 fully saturated rings. The summed E-state index contributed by atoms with van der Waals surface area (Å²) in [7, 11) is 0. The highest BCUT2D eigenvalue weighted by Crippen LogP contribution is 2.28. The summed E-state index contributed by atoms with van der Waals surface area (Å²) in [6.07, 6.45) is 8.78. The summed E-state index contributed by atoms with van der Waals surface area (Å²) >= 11 is 0. The number of ketones is 1. The molecule has 1 saturated carbocycles. The first-order chi connectivity index (χ1) is 9.34. The molecule has 0 bridgehead atoms. The zero-order valence-corrected chi connectivity index (χ0v) is 11.1. The normalized spacial score (nSPS) is 16.6. The molecule has 1 aliphatic carbocycles. The van der Waals surface area contributed by atoms with Crippen molar-refractivity contribution in [2.24, 2.45) is 5.92 Å². The van der Waals surface area contributed by atoms with Gasteiger partial charge in [-0.05, 0) is 18.1 Å². The quantitative estimate of drug-likeness (QED) is 0.759. The first-order valence-electron chi connectivity index (χ1n) is 7.21. The van der Waals surface area contributed by atoms with Gasteiger partial charge < -0.3 is 0 Å². The molecule has 1 aliphatic rings. The minimum absolute atomic E-state index is 0.260. The smallest absolute Gasteiger partial charge is 0.165 e. The van der Waals surface area contributed by atoms with Gasteiger partial charge in [-0.15, -0.1) is 0 Å². The minimum Gasteiger partial charge on any atom is -0.294 e. The first-order valence-corrected chi connectivity index (χ1v) is 7.21. The van der Waals surface area contributed by atoms with Crippen LogP contribution in [-0.2, 0) is 0 Å². The number of hydrogen-bond donors (Lipinski definition) is 0. The number of pyridine rings is 1. The maximum Gasteiger partial charge on any atom is 0.165 e. The molecule has 0 atom stereocenters. The third-order valence-corrected chi connectivity index (χ3v) is 4.13. The van der Waals surface area contributed by atoms with Crippen LogP contribution in [0.2, 0.25) is 0 Å². The van der Waals surface area contributed by atoms with Crippen molar-refractivity contribution in [3.8, 4) is 0 Å². The number of hydrogen-bond acceptors (Lipinski definition) is 2. The van der Waals surface area contributed by atoms with Gasteiger partial charge in [-0.25, -0.2) is 0 Å². The Morgan fingerprint density at radius 1 is 1.11 bits per heavy atom. The standard InChI is InChI=1S/C17H19NO/c19-16(12-13-6-2-1-3-7-13)15-10-4-8-14-9-5-11-18-17(14)15/h4-5,8-11,13H,1-3,6-7,12H2. The third-order valence-electron chi connectivity index (χ3n) is 4.13. The van der Waals surface area contributed by atoms with Gasteiger partial charge in [0, 0.05) is 23.6 Å². The molecule has 0 aliphatic heterocycles. The first kappa shape index (κ1) is 12.3. The zero-order valence-electron chi connectivity index (χ0n) is 11.1. The Kier molecular flexibility index (Phi) is 3.58. The van der Waals surface area contributed by atoms with Crippen LogP contribution in [0.25, 0.3) is 10.9 Å². The van der Waals surface area contributed by atoms with Gasteiger partial charge in [-0.2, -0.15) is 0 Å². The zero-order chi connectivity index (χ0) is 13.1. The van der Waals surface area contributed by atoms with Crippen LogP contribution in [0.5, 0.6) is 0 Å². The van der Waals surface area contributed by atoms with Crippen molar-refractivity contribution >= 4 is 16.7 Å². The molecule has 19 heavy (non-hydrogen) atoms. The van der Waals surface area contributed by atoms with Gasteiger partial charge >= 0.3 is 0 Å². The van der Waals surface area contributed by atoms with Gasteiger partial charge in [-0.3, -0.25) is 9.78 Å². The average molecular weight is 253 g/mol. The Hall–Kier alpha value is -1.70. The van der Waals surface area contributed by atoms with Gasteiger partial charge in [0.2, 0.25) is 0 Å². The second-order valence-corrected chi connectivity index (χ2v) is 5.51. The fourth-order valence-corrected chi connectivity index (χ4v) is 3.09. The number of Topliss-reactive ketones (excluding diaryl/α,β-unsaturated/α-hetero) is 1. The van der Waals surface area contributed by atoms with Crippen molar-refractivity contribution in [1.82, 2.24) is 4.98 Å². The lowest BCUT2D eigenvalue weighted by atomic mass is 9.84. The Morgan fingerprint density at radius 2 is 1.89 bits per heavy atom. The lowest BCUT2D eigenvalue weighted by Gasteiger charge is -2.20. The number of fused-ring (bicyclic) bond motifs is 1. The predicted octanol–water partition coefficient (Wildman–Crippen LogP) is 4.39. The summed E-state index contributed by atoms with van der Waals surface area (Å²) in [5.74, 6) is 0.844. The highest BCUT2D eigenvalue weighted by atomic mass is 16.1. The molecule has 2 nitrogen and oxygen atoms in total. The molecule has 0 amide bonds. The molecular weight excluding hydrogens is 234 g/mol. The molecule has 3 rings (SSSR count). The van der Waals surface area contributed by atoms with E-state index in [1.165, 1.54) is 32.1 Å². The number of para-hydroxylation sites is 1. The molecule has 0 N–H and O–H groups in total. The van der Waals surface area contributed by atoms with E-state index in [4.69, 9.17) is 0 Å². The van der Waals surface area contributed by atoms with E-state index < -0.39 is 0 Å². The molecule has 2 aromatic rings. The van der Waals surface area contributed by atoms with E-state index in [2.05, 4.69) is 4.98 Å². The number of rotatable bonds is 3. The Labute approximate surface area is 113 Å². The van der Waals surface area contributed by atoms with Gasteiger partial charge in [-0.1, -0.05) is 50.3 Å². The molecule has 1 aromatic carbocycles. The summed E-state index contributed by atoms with van der Waals surface area (Å²) in [5, 5.41) is 1.05. The molecular formula is C17H19NO. The lowest BCUT2D eigenvalue weighted by molar-refractivity contribution is 0.0951. The van der Waals surface area contributed by atoms with E-state index in [9.17, 15) is 4.79 Å². The van der Waals surface area contributed by atoms with Crippen LogP contribution in [0.4, 0.5) is 0 Å². The fraction of sp³-hybridized carbons (Fsp3) is 0.412. The Balaban J connectivity index is 1.85. The van der Waals surface area contributed by atoms with Gasteiger partial charge in [0.25, 0.3) is 0 Å². The number of nitrogens with zero attached hydrogens (tertiary/aromatic N) is 1. The van der Waals surface area contributed by atoms with Crippen LogP contribution >= 0.6 is 0 Å². The van der Waals surface area contributed by atoms with E-state index in [0.717, 1.165) is 16.5 Å². The molecule has 1 heterocycles. The van der Waals surface area contributed by atoms with Crippen molar-refractivity contribution in [3.05, 3.63) is 42.1 Å². The van der Waals surface area contributed by atoms with E-state index in [0.29, 0.717) is 12.3 Å². The van der Waals surface area contributed by atoms with Crippen molar-refractivity contribution in [2.45, 2.75) is 38.5 Å². The highest BCUT2D eigenvalue weighted by molar-refractivity contribution is 6.06. The van der Waals surface area contributed by atoms with Crippen molar-refractivity contribution in [2.75, 3.05) is 0 Å². The monoisotopic (exact) mass is 253 g/mol. The lowest BCUT2D eigenvalue weighted by Crippen LogP contribution is -2.12. The third kappa shape index (κ3) is 2.67. The summed E-state index contributed by atoms with van der Waals surface area (Å²) < 4.78 is 0. The molecule has 0 radical (unpaired) electrons. The van der Waals surface area contributed by atoms with E-state index in [1.54, 1.807) is 6.20 Å². The molecule has 0 unspecified atom stereocenters. The van der Waals surface area contributed by atoms with Crippen LogP contribution in [0.15, 0.2) is 36.5 Å². The van der Waals surface area contributed by atoms with Crippen molar-refractivity contribution < 1.29 is 4.79 Å². The predicted molar refractivity (Wildman–Crippen MR) is 77.3 cm³/mol. The van der Waals surface area contributed by atoms with Crippen molar-refractivity contribution in [1.29, 1.82) is 0 Å². The van der Waals surface area contributed by atoms with Gasteiger partial charge in [0.05, 0.1) is 5.52 Å². The van der Waals surface area contributed by atoms with Crippen LogP contribution in [0.3, 0.4) is 0 Å². The Morgan fingerprint density at radius 3 is 2.74 bits per heavy atom. The second kappa shape index (κ2) is 5.52. The van der Waals surface area contributed by atoms with Crippen LogP contribution in [0.1, 0.15) is 48.9 Å². The molecule has 98 valence electrons. The molecule has 2 heteroatoms. The molecule has 0 saturated heterocycles. The second-order valence-electron chi connectivity index (χ2n) is 5.51. The van der Waals surface area contributed by atoms with E-state index in [1.807, 2.05) is 30.3 Å². The van der Waals surface area contributed by atoms with Gasteiger partial charge in [0.1, 0.15) is 0 Å². The number of carbonyl (C=O) groups excluding carboxylic acids is 1. The number of aromatic nitrogens is 1. The SMILES string of the molecule is O=C(CC1CCCCC1)c1cccc2cccnc12. The summed E-state index contributed by atoms with van der Waals surface area (Å²) in [6.45, 7) is 0. The Bertz CT molecular complexity index is 579. The summed E-state index contributed by atoms with van der Waals surface area (Å²) in [4.78, 5) is 16.9. The highest BCUT2D eigenvalue weighted by Gasteiger charge is 2.19. The van der Waals surface area contributed by atoms with Crippen LogP contribution < -0.4 is 0 Å². The van der Waals surface area contributed by atoms with Crippen molar-refractivity contribution in [3.63, 3.8) is 0 Å². The maximum atomic E-state index is 12.5. The largest absolute Gasteiger partial charge is 0.294 e. The average Bonchev–Trinajstić information content (AvgIpc) is 2.47. The van der Waals surface area contributed by atoms with E-state index in [-0.39, 0.29) is 5.78 Å². The minimum atomic E-state index is 0.260. The number of benzene rings is 1. The summed E-state index contributed by atoms with van der Waals surface area (Å²) in [5.41, 5.74) is 1.65. The fourth-order valence-electron chi connectivity index (χ4n) is 3.09. The van der Waals surface area contributed by atoms with Gasteiger partial charge in [0.15, 0.2) is 5.78 Å². The topological polar surface area (TPSA) is 30.0 Å². The summed E-state index contributed by atoms with van der Waals surface area (Å²) in [6, 6.07) is 9.82. The van der Waals surface area contributed by atoms with E-state index >= 15 is 0 Å². The van der Waals surface area contributed by atoms with Crippen LogP contribution in [0, 0.1) is 5.92 Å². The maximum absolute atomic E-state index is 12.5. The van der Waals surface area contributed by atoms with Crippen LogP contribution in [-0.4, -0.2) is 10.8 Å².